The van der Waals surface area contributed by atoms with Gasteiger partial charge in [0.25, 0.3) is 5.91 Å². The predicted molar refractivity (Wildman–Crippen MR) is 110 cm³/mol. The molecule has 1 amide bonds. The fourth-order valence-electron chi connectivity index (χ4n) is 2.91. The molecule has 0 bridgehead atoms. The second-order valence-electron chi connectivity index (χ2n) is 6.39. The lowest BCUT2D eigenvalue weighted by Gasteiger charge is -2.26. The van der Waals surface area contributed by atoms with Crippen molar-refractivity contribution in [2.24, 2.45) is 0 Å². The van der Waals surface area contributed by atoms with Crippen LogP contribution in [0.25, 0.3) is 0 Å². The summed E-state index contributed by atoms with van der Waals surface area (Å²) in [4.78, 5) is 14.6. The Kier molecular flexibility index (Phi) is 7.41. The molecule has 2 aromatic rings. The van der Waals surface area contributed by atoms with E-state index in [2.05, 4.69) is 15.9 Å². The van der Waals surface area contributed by atoms with E-state index < -0.39 is 0 Å². The molecular weight excluding hydrogens is 453 g/mol. The van der Waals surface area contributed by atoms with Crippen molar-refractivity contribution < 1.29 is 14.3 Å². The summed E-state index contributed by atoms with van der Waals surface area (Å²) in [6, 6.07) is 12.7. The largest absolute Gasteiger partial charge is 0.484 e. The van der Waals surface area contributed by atoms with Crippen LogP contribution < -0.4 is 4.74 Å². The average molecular weight is 473 g/mol. The number of ether oxygens (including phenoxy) is 2. The number of nitrogens with zero attached hydrogens (tertiary/aromatic N) is 1. The van der Waals surface area contributed by atoms with Crippen molar-refractivity contribution in [2.75, 3.05) is 19.8 Å². The number of halogens is 3. The molecule has 2 aromatic carbocycles. The van der Waals surface area contributed by atoms with Gasteiger partial charge in [0.15, 0.2) is 6.61 Å². The fourth-order valence-corrected chi connectivity index (χ4v) is 3.64. The Morgan fingerprint density at radius 1 is 1.22 bits per heavy atom. The fraction of sp³-hybridized carbons (Fsp3) is 0.350. The van der Waals surface area contributed by atoms with Gasteiger partial charge in [-0.05, 0) is 54.8 Å². The van der Waals surface area contributed by atoms with Crippen LogP contribution in [0.3, 0.4) is 0 Å². The molecule has 1 aliphatic heterocycles. The molecule has 144 valence electrons. The van der Waals surface area contributed by atoms with Crippen LogP contribution in [0.4, 0.5) is 0 Å². The number of amides is 1. The minimum Gasteiger partial charge on any atom is -0.484 e. The molecule has 1 aliphatic rings. The van der Waals surface area contributed by atoms with E-state index in [0.717, 1.165) is 29.5 Å². The summed E-state index contributed by atoms with van der Waals surface area (Å²) in [5, 5.41) is 1.11. The van der Waals surface area contributed by atoms with Crippen molar-refractivity contribution in [3.8, 4) is 5.75 Å². The van der Waals surface area contributed by atoms with Gasteiger partial charge >= 0.3 is 0 Å². The number of rotatable bonds is 7. The molecule has 4 nitrogen and oxygen atoms in total. The van der Waals surface area contributed by atoms with Gasteiger partial charge < -0.3 is 14.4 Å². The third kappa shape index (κ3) is 6.11. The van der Waals surface area contributed by atoms with Crippen LogP contribution in [0.1, 0.15) is 18.4 Å². The van der Waals surface area contributed by atoms with Gasteiger partial charge in [0.1, 0.15) is 5.75 Å². The van der Waals surface area contributed by atoms with Crippen LogP contribution >= 0.6 is 39.1 Å². The molecule has 1 saturated heterocycles. The lowest BCUT2D eigenvalue weighted by molar-refractivity contribution is -0.135. The van der Waals surface area contributed by atoms with E-state index in [-0.39, 0.29) is 18.6 Å². The topological polar surface area (TPSA) is 38.8 Å². The van der Waals surface area contributed by atoms with Gasteiger partial charge in [-0.3, -0.25) is 4.79 Å². The maximum absolute atomic E-state index is 12.8. The van der Waals surface area contributed by atoms with Gasteiger partial charge in [-0.2, -0.15) is 0 Å². The van der Waals surface area contributed by atoms with Gasteiger partial charge in [0, 0.05) is 34.2 Å². The third-order valence-corrected chi connectivity index (χ3v) is 5.47. The molecule has 3 rings (SSSR count). The monoisotopic (exact) mass is 471 g/mol. The summed E-state index contributed by atoms with van der Waals surface area (Å²) < 4.78 is 12.3. The number of hydrogen-bond donors (Lipinski definition) is 0. The van der Waals surface area contributed by atoms with Crippen LogP contribution in [0.5, 0.6) is 5.75 Å². The summed E-state index contributed by atoms with van der Waals surface area (Å²) in [5.41, 5.74) is 0.844. The second kappa shape index (κ2) is 9.78. The zero-order valence-corrected chi connectivity index (χ0v) is 17.8. The predicted octanol–water partition coefficient (Wildman–Crippen LogP) is 5.34. The van der Waals surface area contributed by atoms with E-state index in [9.17, 15) is 4.79 Å². The highest BCUT2D eigenvalue weighted by Crippen LogP contribution is 2.24. The van der Waals surface area contributed by atoms with E-state index in [1.165, 1.54) is 0 Å². The number of benzene rings is 2. The van der Waals surface area contributed by atoms with Gasteiger partial charge in [0.2, 0.25) is 0 Å². The van der Waals surface area contributed by atoms with Crippen molar-refractivity contribution in [2.45, 2.75) is 25.5 Å². The molecule has 0 N–H and O–H groups in total. The van der Waals surface area contributed by atoms with E-state index in [0.29, 0.717) is 28.9 Å². The standard InChI is InChI=1S/C20H20BrCl2NO3/c21-15-4-7-17(8-5-15)27-13-20(25)24(12-18-2-1-9-26-18)11-14-3-6-16(22)10-19(14)23/h3-8,10,18H,1-2,9,11-13H2/t18-/m0/s1. The molecular formula is C20H20BrCl2NO3. The van der Waals surface area contributed by atoms with Crippen molar-refractivity contribution in [1.82, 2.24) is 4.90 Å². The van der Waals surface area contributed by atoms with Crippen LogP contribution in [-0.2, 0) is 16.1 Å². The zero-order chi connectivity index (χ0) is 19.2. The first-order valence-electron chi connectivity index (χ1n) is 8.73. The lowest BCUT2D eigenvalue weighted by Crippen LogP contribution is -2.39. The van der Waals surface area contributed by atoms with Crippen LogP contribution in [0, 0.1) is 0 Å². The molecule has 0 aromatic heterocycles. The van der Waals surface area contributed by atoms with Crippen LogP contribution in [0.15, 0.2) is 46.9 Å². The van der Waals surface area contributed by atoms with Gasteiger partial charge in [-0.1, -0.05) is 45.2 Å². The molecule has 0 spiro atoms. The van der Waals surface area contributed by atoms with E-state index in [1.54, 1.807) is 17.0 Å². The highest BCUT2D eigenvalue weighted by molar-refractivity contribution is 9.10. The molecule has 0 unspecified atom stereocenters. The van der Waals surface area contributed by atoms with Crippen molar-refractivity contribution >= 4 is 45.0 Å². The Balaban J connectivity index is 1.67. The maximum Gasteiger partial charge on any atom is 0.260 e. The first kappa shape index (κ1) is 20.5. The van der Waals surface area contributed by atoms with Gasteiger partial charge in [0.05, 0.1) is 6.10 Å². The Bertz CT molecular complexity index is 779. The summed E-state index contributed by atoms with van der Waals surface area (Å²) in [6.45, 7) is 1.60. The summed E-state index contributed by atoms with van der Waals surface area (Å²) in [6.07, 6.45) is 2.02. The Morgan fingerprint density at radius 3 is 2.67 bits per heavy atom. The maximum atomic E-state index is 12.8. The summed E-state index contributed by atoms with van der Waals surface area (Å²) in [7, 11) is 0. The molecule has 0 saturated carbocycles. The van der Waals surface area contributed by atoms with Crippen molar-refractivity contribution in [1.29, 1.82) is 0 Å². The number of hydrogen-bond acceptors (Lipinski definition) is 3. The summed E-state index contributed by atoms with van der Waals surface area (Å²) in [5.74, 6) is 0.535. The first-order valence-corrected chi connectivity index (χ1v) is 10.3. The van der Waals surface area contributed by atoms with Gasteiger partial charge in [-0.25, -0.2) is 0 Å². The zero-order valence-electron chi connectivity index (χ0n) is 14.7. The quantitative estimate of drug-likeness (QED) is 0.545. The molecule has 1 fully saturated rings. The molecule has 7 heteroatoms. The van der Waals surface area contributed by atoms with Crippen molar-refractivity contribution in [3.63, 3.8) is 0 Å². The van der Waals surface area contributed by atoms with Gasteiger partial charge in [-0.15, -0.1) is 0 Å². The SMILES string of the molecule is O=C(COc1ccc(Br)cc1)N(Cc1ccc(Cl)cc1Cl)C[C@@H]1CCCO1. The minimum absolute atomic E-state index is 0.0421. The molecule has 0 radical (unpaired) electrons. The van der Waals surface area contributed by atoms with E-state index in [4.69, 9.17) is 32.7 Å². The Labute approximate surface area is 177 Å². The first-order chi connectivity index (χ1) is 13.0. The highest BCUT2D eigenvalue weighted by atomic mass is 79.9. The second-order valence-corrected chi connectivity index (χ2v) is 8.15. The molecule has 1 heterocycles. The van der Waals surface area contributed by atoms with Crippen LogP contribution in [-0.4, -0.2) is 36.7 Å². The average Bonchev–Trinajstić information content (AvgIpc) is 3.15. The summed E-state index contributed by atoms with van der Waals surface area (Å²) >= 11 is 15.6. The van der Waals surface area contributed by atoms with Crippen LogP contribution in [0.2, 0.25) is 10.0 Å². The van der Waals surface area contributed by atoms with Crippen molar-refractivity contribution in [3.05, 3.63) is 62.5 Å². The normalized spacial score (nSPS) is 16.3. The third-order valence-electron chi connectivity index (χ3n) is 4.35. The minimum atomic E-state index is -0.112. The van der Waals surface area contributed by atoms with E-state index >= 15 is 0 Å². The molecule has 1 atom stereocenters. The Morgan fingerprint density at radius 2 is 2.00 bits per heavy atom. The number of carbonyl (C=O) groups excluding carboxylic acids is 1. The molecule has 0 aliphatic carbocycles. The highest BCUT2D eigenvalue weighted by Gasteiger charge is 2.23. The lowest BCUT2D eigenvalue weighted by atomic mass is 10.1. The number of carbonyl (C=O) groups is 1. The molecule has 27 heavy (non-hydrogen) atoms. The Hall–Kier alpha value is -1.27. The van der Waals surface area contributed by atoms with E-state index in [1.807, 2.05) is 30.3 Å². The smallest absolute Gasteiger partial charge is 0.260 e.